The lowest BCUT2D eigenvalue weighted by atomic mass is 10.1. The lowest BCUT2D eigenvalue weighted by Gasteiger charge is -2.08. The molecule has 0 aliphatic rings. The van der Waals surface area contributed by atoms with Gasteiger partial charge in [-0.25, -0.2) is 0 Å². The molecule has 2 aromatic heterocycles. The first-order valence-corrected chi connectivity index (χ1v) is 8.25. The first-order valence-electron chi connectivity index (χ1n) is 6.20. The van der Waals surface area contributed by atoms with Crippen LogP contribution < -0.4 is 5.32 Å². The van der Waals surface area contributed by atoms with Gasteiger partial charge in [-0.15, -0.1) is 11.3 Å². The molecule has 0 bridgehead atoms. The highest BCUT2D eigenvalue weighted by Gasteiger charge is 2.05. The topological polar surface area (TPSA) is 24.9 Å². The van der Waals surface area contributed by atoms with Crippen molar-refractivity contribution in [1.82, 2.24) is 10.3 Å². The van der Waals surface area contributed by atoms with Gasteiger partial charge in [0.1, 0.15) is 0 Å². The number of hydrogen-bond donors (Lipinski definition) is 1. The van der Waals surface area contributed by atoms with Crippen molar-refractivity contribution in [2.24, 2.45) is 0 Å². The highest BCUT2D eigenvalue weighted by atomic mass is 79.9. The van der Waals surface area contributed by atoms with Gasteiger partial charge in [0, 0.05) is 44.4 Å². The molecule has 0 amide bonds. The van der Waals surface area contributed by atoms with Gasteiger partial charge in [-0.3, -0.25) is 4.98 Å². The number of halogens is 2. The van der Waals surface area contributed by atoms with E-state index in [0.29, 0.717) is 0 Å². The van der Waals surface area contributed by atoms with Crippen LogP contribution in [0.2, 0.25) is 5.02 Å². The zero-order valence-electron chi connectivity index (χ0n) is 10.6. The number of nitrogens with one attached hydrogen (secondary N) is 1. The Kier molecular flexibility index (Phi) is 4.36. The van der Waals surface area contributed by atoms with Gasteiger partial charge in [0.05, 0.1) is 5.52 Å². The van der Waals surface area contributed by atoms with Crippen LogP contribution in [0.15, 0.2) is 46.4 Å². The molecule has 102 valence electrons. The molecule has 0 radical (unpaired) electrons. The Morgan fingerprint density at radius 2 is 2.15 bits per heavy atom. The predicted molar refractivity (Wildman–Crippen MR) is 89.3 cm³/mol. The van der Waals surface area contributed by atoms with Gasteiger partial charge in [0.25, 0.3) is 0 Å². The van der Waals surface area contributed by atoms with E-state index >= 15 is 0 Å². The lowest BCUT2D eigenvalue weighted by Crippen LogP contribution is -2.12. The summed E-state index contributed by atoms with van der Waals surface area (Å²) >= 11 is 11.4. The van der Waals surface area contributed by atoms with Crippen molar-refractivity contribution >= 4 is 49.8 Å². The summed E-state index contributed by atoms with van der Waals surface area (Å²) in [5.74, 6) is 0. The predicted octanol–water partition coefficient (Wildman–Crippen LogP) is 5.00. The van der Waals surface area contributed by atoms with E-state index in [0.717, 1.165) is 33.5 Å². The molecule has 0 spiro atoms. The normalized spacial score (nSPS) is 11.1. The number of benzene rings is 1. The highest BCUT2D eigenvalue weighted by Crippen LogP contribution is 2.25. The Morgan fingerprint density at radius 1 is 1.25 bits per heavy atom. The van der Waals surface area contributed by atoms with Gasteiger partial charge in [-0.2, -0.15) is 0 Å². The third kappa shape index (κ3) is 3.04. The van der Waals surface area contributed by atoms with E-state index in [2.05, 4.69) is 37.7 Å². The summed E-state index contributed by atoms with van der Waals surface area (Å²) in [5, 5.41) is 7.30. The summed E-state index contributed by atoms with van der Waals surface area (Å²) in [5.41, 5.74) is 2.14. The van der Waals surface area contributed by atoms with Crippen molar-refractivity contribution in [2.75, 3.05) is 0 Å². The molecule has 3 rings (SSSR count). The van der Waals surface area contributed by atoms with Crippen molar-refractivity contribution in [3.8, 4) is 0 Å². The van der Waals surface area contributed by atoms with Crippen molar-refractivity contribution in [1.29, 1.82) is 0 Å². The maximum atomic E-state index is 6.20. The summed E-state index contributed by atoms with van der Waals surface area (Å²) < 4.78 is 1.14. The van der Waals surface area contributed by atoms with E-state index in [4.69, 9.17) is 11.6 Å². The molecule has 5 heteroatoms. The molecular weight excluding hydrogens is 356 g/mol. The summed E-state index contributed by atoms with van der Waals surface area (Å²) in [6, 6.07) is 10.0. The monoisotopic (exact) mass is 366 g/mol. The summed E-state index contributed by atoms with van der Waals surface area (Å²) in [6.45, 7) is 1.63. The molecule has 2 nitrogen and oxygen atoms in total. The SMILES string of the molecule is Clc1ccc(CNCc2cc(Br)cs2)c2ncccc12. The largest absolute Gasteiger partial charge is 0.308 e. The molecule has 3 aromatic rings. The number of hydrogen-bond acceptors (Lipinski definition) is 3. The molecule has 0 saturated heterocycles. The summed E-state index contributed by atoms with van der Waals surface area (Å²) in [6.07, 6.45) is 1.80. The van der Waals surface area contributed by atoms with Gasteiger partial charge < -0.3 is 5.32 Å². The van der Waals surface area contributed by atoms with E-state index in [1.54, 1.807) is 17.5 Å². The Morgan fingerprint density at radius 3 is 2.95 bits per heavy atom. The molecule has 0 fully saturated rings. The van der Waals surface area contributed by atoms with Crippen LogP contribution in [0.4, 0.5) is 0 Å². The fourth-order valence-electron chi connectivity index (χ4n) is 2.11. The Bertz CT molecular complexity index is 742. The first-order chi connectivity index (χ1) is 9.74. The molecule has 0 atom stereocenters. The first kappa shape index (κ1) is 14.0. The summed E-state index contributed by atoms with van der Waals surface area (Å²) in [4.78, 5) is 5.75. The van der Waals surface area contributed by atoms with Crippen LogP contribution >= 0.6 is 38.9 Å². The average molecular weight is 368 g/mol. The van der Waals surface area contributed by atoms with Crippen LogP contribution in [0.5, 0.6) is 0 Å². The minimum absolute atomic E-state index is 0.749. The second-order valence-electron chi connectivity index (χ2n) is 4.44. The second kappa shape index (κ2) is 6.22. The molecule has 1 N–H and O–H groups in total. The lowest BCUT2D eigenvalue weighted by molar-refractivity contribution is 0.703. The van der Waals surface area contributed by atoms with E-state index in [-0.39, 0.29) is 0 Å². The Labute approximate surface area is 134 Å². The van der Waals surface area contributed by atoms with Gasteiger partial charge in [0.15, 0.2) is 0 Å². The fourth-order valence-corrected chi connectivity index (χ4v) is 3.74. The number of thiophene rings is 1. The highest BCUT2D eigenvalue weighted by molar-refractivity contribution is 9.10. The molecule has 0 aliphatic heterocycles. The van der Waals surface area contributed by atoms with E-state index < -0.39 is 0 Å². The van der Waals surface area contributed by atoms with E-state index in [1.165, 1.54) is 10.4 Å². The number of pyridine rings is 1. The third-order valence-electron chi connectivity index (χ3n) is 3.04. The van der Waals surface area contributed by atoms with Crippen molar-refractivity contribution in [3.05, 3.63) is 61.8 Å². The minimum atomic E-state index is 0.749. The van der Waals surface area contributed by atoms with Crippen LogP contribution in [-0.4, -0.2) is 4.98 Å². The smallest absolute Gasteiger partial charge is 0.0761 e. The molecule has 1 aromatic carbocycles. The molecular formula is C15H12BrClN2S. The number of aromatic nitrogens is 1. The zero-order valence-corrected chi connectivity index (χ0v) is 13.7. The maximum Gasteiger partial charge on any atom is 0.0761 e. The number of rotatable bonds is 4. The minimum Gasteiger partial charge on any atom is -0.308 e. The van der Waals surface area contributed by atoms with Crippen LogP contribution in [0.1, 0.15) is 10.4 Å². The van der Waals surface area contributed by atoms with Crippen molar-refractivity contribution in [3.63, 3.8) is 0 Å². The molecule has 2 heterocycles. The zero-order chi connectivity index (χ0) is 13.9. The van der Waals surface area contributed by atoms with Crippen LogP contribution in [0.3, 0.4) is 0 Å². The molecule has 0 aliphatic carbocycles. The Balaban J connectivity index is 1.76. The number of fused-ring (bicyclic) bond motifs is 1. The molecule has 20 heavy (non-hydrogen) atoms. The third-order valence-corrected chi connectivity index (χ3v) is 5.06. The Hall–Kier alpha value is -0.940. The van der Waals surface area contributed by atoms with Gasteiger partial charge >= 0.3 is 0 Å². The van der Waals surface area contributed by atoms with Gasteiger partial charge in [-0.05, 0) is 45.8 Å². The number of nitrogens with zero attached hydrogens (tertiary/aromatic N) is 1. The quantitative estimate of drug-likeness (QED) is 0.701. The van der Waals surface area contributed by atoms with Crippen molar-refractivity contribution < 1.29 is 0 Å². The standard InChI is InChI=1S/C15H12BrClN2S/c16-11-6-12(20-9-11)8-18-7-10-3-4-14(17)13-2-1-5-19-15(10)13/h1-6,9,18H,7-8H2. The second-order valence-corrected chi connectivity index (χ2v) is 6.76. The van der Waals surface area contributed by atoms with Crippen LogP contribution in [-0.2, 0) is 13.1 Å². The summed E-state index contributed by atoms with van der Waals surface area (Å²) in [7, 11) is 0. The van der Waals surface area contributed by atoms with Gasteiger partial charge in [0.2, 0.25) is 0 Å². The maximum absolute atomic E-state index is 6.20. The molecule has 0 saturated carbocycles. The van der Waals surface area contributed by atoms with Gasteiger partial charge in [-0.1, -0.05) is 17.7 Å². The van der Waals surface area contributed by atoms with Crippen molar-refractivity contribution in [2.45, 2.75) is 13.1 Å². The average Bonchev–Trinajstić information content (AvgIpc) is 2.87. The van der Waals surface area contributed by atoms with E-state index in [9.17, 15) is 0 Å². The van der Waals surface area contributed by atoms with Crippen LogP contribution in [0.25, 0.3) is 10.9 Å². The van der Waals surface area contributed by atoms with Crippen LogP contribution in [0, 0.1) is 0 Å². The van der Waals surface area contributed by atoms with E-state index in [1.807, 2.05) is 24.3 Å². The molecule has 0 unspecified atom stereocenters. The fraction of sp³-hybridized carbons (Fsp3) is 0.133.